The predicted octanol–water partition coefficient (Wildman–Crippen LogP) is 5.56. The van der Waals surface area contributed by atoms with Crippen LogP contribution in [0.4, 0.5) is 5.95 Å². The van der Waals surface area contributed by atoms with Crippen LogP contribution in [-0.2, 0) is 6.54 Å². The molecular weight excluding hydrogens is 608 g/mol. The summed E-state index contributed by atoms with van der Waals surface area (Å²) in [5, 5.41) is 0. The van der Waals surface area contributed by atoms with Gasteiger partial charge in [-0.3, -0.25) is 9.78 Å². The fourth-order valence-electron chi connectivity index (χ4n) is 6.54. The van der Waals surface area contributed by atoms with E-state index in [1.807, 2.05) is 43.6 Å². The summed E-state index contributed by atoms with van der Waals surface area (Å²) < 4.78 is 24.4. The minimum absolute atomic E-state index is 0.0547. The van der Waals surface area contributed by atoms with Crippen molar-refractivity contribution >= 4 is 22.9 Å². The van der Waals surface area contributed by atoms with Crippen molar-refractivity contribution in [2.45, 2.75) is 25.3 Å². The van der Waals surface area contributed by atoms with E-state index in [1.54, 1.807) is 44.6 Å². The number of pyridine rings is 1. The van der Waals surface area contributed by atoms with Gasteiger partial charge < -0.3 is 37.9 Å². The molecule has 0 bridgehead atoms. The van der Waals surface area contributed by atoms with Crippen molar-refractivity contribution in [3.63, 3.8) is 0 Å². The van der Waals surface area contributed by atoms with Crippen LogP contribution in [-0.4, -0.2) is 97.9 Å². The third-order valence-corrected chi connectivity index (χ3v) is 9.05. The third-order valence-electron chi connectivity index (χ3n) is 9.05. The number of nitrogens with zero attached hydrogens (tertiary/aromatic N) is 6. The third kappa shape index (κ3) is 7.26. The van der Waals surface area contributed by atoms with Crippen LogP contribution in [0.5, 0.6) is 17.2 Å². The van der Waals surface area contributed by atoms with Crippen LogP contribution in [0.2, 0.25) is 0 Å². The number of amides is 1. The standard InChI is InChI=1S/C37H44N6O5/c1-40(36(44)28-23-33(45-2)35(47-4)34(24-28)46-3)25-27(30-12-7-8-16-38-30)15-19-41-17-10-18-42(21-20-41)37-39-31-13-5-6-14-32(31)43(37)26-29-11-9-22-48-29/h5-9,11-14,16,22-24,27H,10,15,17-21,25-26H2,1-4H3. The van der Waals surface area contributed by atoms with Gasteiger partial charge in [-0.2, -0.15) is 0 Å². The quantitative estimate of drug-likeness (QED) is 0.162. The van der Waals surface area contributed by atoms with E-state index in [4.69, 9.17) is 28.6 Å². The summed E-state index contributed by atoms with van der Waals surface area (Å²) in [4.78, 5) is 30.1. The first-order valence-electron chi connectivity index (χ1n) is 16.4. The van der Waals surface area contributed by atoms with Gasteiger partial charge in [0.05, 0.1) is 45.2 Å². The van der Waals surface area contributed by atoms with Crippen molar-refractivity contribution in [2.75, 3.05) is 72.5 Å². The van der Waals surface area contributed by atoms with E-state index in [-0.39, 0.29) is 11.8 Å². The molecule has 0 aliphatic carbocycles. The van der Waals surface area contributed by atoms with Crippen molar-refractivity contribution < 1.29 is 23.4 Å². The predicted molar refractivity (Wildman–Crippen MR) is 185 cm³/mol. The van der Waals surface area contributed by atoms with E-state index in [9.17, 15) is 4.79 Å². The van der Waals surface area contributed by atoms with Crippen LogP contribution in [0, 0.1) is 0 Å². The molecule has 0 radical (unpaired) electrons. The number of hydrogen-bond acceptors (Lipinski definition) is 9. The van der Waals surface area contributed by atoms with Crippen molar-refractivity contribution in [1.29, 1.82) is 0 Å². The number of para-hydroxylation sites is 2. The van der Waals surface area contributed by atoms with Crippen LogP contribution in [0.1, 0.15) is 40.6 Å². The molecule has 1 unspecified atom stereocenters. The van der Waals surface area contributed by atoms with Crippen LogP contribution in [0.25, 0.3) is 11.0 Å². The number of anilines is 1. The Hall–Kier alpha value is -5.03. The smallest absolute Gasteiger partial charge is 0.253 e. The van der Waals surface area contributed by atoms with Gasteiger partial charge in [0.25, 0.3) is 5.91 Å². The van der Waals surface area contributed by atoms with Crippen LogP contribution in [0.3, 0.4) is 0 Å². The fraction of sp³-hybridized carbons (Fsp3) is 0.378. The van der Waals surface area contributed by atoms with Gasteiger partial charge in [-0.05, 0) is 74.5 Å². The molecule has 6 rings (SSSR count). The molecular formula is C37H44N6O5. The summed E-state index contributed by atoms with van der Waals surface area (Å²) >= 11 is 0. The fourth-order valence-corrected chi connectivity index (χ4v) is 6.54. The number of fused-ring (bicyclic) bond motifs is 1. The number of carbonyl (C=O) groups is 1. The number of carbonyl (C=O) groups excluding carboxylic acids is 1. The highest BCUT2D eigenvalue weighted by Crippen LogP contribution is 2.38. The Morgan fingerprint density at radius 3 is 2.44 bits per heavy atom. The normalized spacial score (nSPS) is 14.5. The topological polar surface area (TPSA) is 98.3 Å². The number of furan rings is 1. The number of benzene rings is 2. The Morgan fingerprint density at radius 1 is 0.938 bits per heavy atom. The molecule has 1 aliphatic rings. The van der Waals surface area contributed by atoms with Gasteiger partial charge in [-0.1, -0.05) is 18.2 Å². The maximum absolute atomic E-state index is 13.7. The van der Waals surface area contributed by atoms with Gasteiger partial charge >= 0.3 is 0 Å². The molecule has 5 aromatic rings. The number of rotatable bonds is 13. The SMILES string of the molecule is COc1cc(C(=O)N(C)CC(CCN2CCCN(c3nc4ccccc4n3Cc3ccco3)CC2)c2ccccn2)cc(OC)c1OC. The average Bonchev–Trinajstić information content (AvgIpc) is 3.71. The summed E-state index contributed by atoms with van der Waals surface area (Å²) in [6.07, 6.45) is 5.43. The second-order valence-corrected chi connectivity index (χ2v) is 12.1. The number of methoxy groups -OCH3 is 3. The molecule has 1 atom stereocenters. The molecule has 1 saturated heterocycles. The lowest BCUT2D eigenvalue weighted by Gasteiger charge is -2.27. The second kappa shape index (κ2) is 15.2. The molecule has 1 fully saturated rings. The zero-order chi connectivity index (χ0) is 33.5. The first-order chi connectivity index (χ1) is 23.5. The van der Waals surface area contributed by atoms with Crippen LogP contribution >= 0.6 is 0 Å². The monoisotopic (exact) mass is 652 g/mol. The van der Waals surface area contributed by atoms with E-state index in [1.165, 1.54) is 0 Å². The highest BCUT2D eigenvalue weighted by atomic mass is 16.5. The van der Waals surface area contributed by atoms with Gasteiger partial charge in [0, 0.05) is 56.6 Å². The Labute approximate surface area is 281 Å². The van der Waals surface area contributed by atoms with Gasteiger partial charge in [-0.25, -0.2) is 4.98 Å². The Bertz CT molecular complexity index is 1770. The van der Waals surface area contributed by atoms with E-state index < -0.39 is 0 Å². The first-order valence-corrected chi connectivity index (χ1v) is 16.4. The number of likely N-dealkylation sites (N-methyl/N-ethyl adjacent to an activating group) is 1. The first kappa shape index (κ1) is 32.9. The summed E-state index contributed by atoms with van der Waals surface area (Å²) in [5.74, 6) is 3.16. The zero-order valence-corrected chi connectivity index (χ0v) is 28.2. The lowest BCUT2D eigenvalue weighted by molar-refractivity contribution is 0.0781. The maximum Gasteiger partial charge on any atom is 0.253 e. The lowest BCUT2D eigenvalue weighted by Crippen LogP contribution is -2.35. The van der Waals surface area contributed by atoms with Gasteiger partial charge in [0.15, 0.2) is 11.5 Å². The summed E-state index contributed by atoms with van der Waals surface area (Å²) in [6.45, 7) is 5.75. The molecule has 4 heterocycles. The van der Waals surface area contributed by atoms with Crippen LogP contribution < -0.4 is 19.1 Å². The molecule has 252 valence electrons. The van der Waals surface area contributed by atoms with Gasteiger partial charge in [0.2, 0.25) is 11.7 Å². The Morgan fingerprint density at radius 2 is 1.73 bits per heavy atom. The Kier molecular flexibility index (Phi) is 10.4. The minimum atomic E-state index is -0.127. The average molecular weight is 653 g/mol. The second-order valence-electron chi connectivity index (χ2n) is 12.1. The number of hydrogen-bond donors (Lipinski definition) is 0. The largest absolute Gasteiger partial charge is 0.493 e. The summed E-state index contributed by atoms with van der Waals surface area (Å²) in [6, 6.07) is 21.6. The molecule has 48 heavy (non-hydrogen) atoms. The van der Waals surface area contributed by atoms with Crippen molar-refractivity contribution in [2.24, 2.45) is 0 Å². The highest BCUT2D eigenvalue weighted by Gasteiger charge is 2.25. The summed E-state index contributed by atoms with van der Waals surface area (Å²) in [5.41, 5.74) is 3.54. The number of ether oxygens (including phenoxy) is 3. The minimum Gasteiger partial charge on any atom is -0.493 e. The van der Waals surface area contributed by atoms with E-state index in [2.05, 4.69) is 38.6 Å². The van der Waals surface area contributed by atoms with Gasteiger partial charge in [-0.15, -0.1) is 0 Å². The molecule has 1 aliphatic heterocycles. The molecule has 0 N–H and O–H groups in total. The van der Waals surface area contributed by atoms with Crippen molar-refractivity contribution in [3.05, 3.63) is 96.2 Å². The van der Waals surface area contributed by atoms with Crippen molar-refractivity contribution in [3.8, 4) is 17.2 Å². The maximum atomic E-state index is 13.7. The molecule has 0 spiro atoms. The highest BCUT2D eigenvalue weighted by molar-refractivity contribution is 5.95. The van der Waals surface area contributed by atoms with E-state index >= 15 is 0 Å². The number of imidazole rings is 1. The molecule has 11 nitrogen and oxygen atoms in total. The van der Waals surface area contributed by atoms with Crippen molar-refractivity contribution in [1.82, 2.24) is 24.3 Å². The molecule has 3 aromatic heterocycles. The number of aromatic nitrogens is 3. The molecule has 11 heteroatoms. The molecule has 0 saturated carbocycles. The zero-order valence-electron chi connectivity index (χ0n) is 28.2. The van der Waals surface area contributed by atoms with Crippen LogP contribution in [0.15, 0.2) is 83.6 Å². The van der Waals surface area contributed by atoms with E-state index in [0.29, 0.717) is 35.9 Å². The Balaban J connectivity index is 1.14. The lowest BCUT2D eigenvalue weighted by atomic mass is 9.99. The molecule has 1 amide bonds. The molecule has 2 aromatic carbocycles. The summed E-state index contributed by atoms with van der Waals surface area (Å²) in [7, 11) is 6.48. The van der Waals surface area contributed by atoms with E-state index in [0.717, 1.165) is 74.0 Å². The van der Waals surface area contributed by atoms with Gasteiger partial charge in [0.1, 0.15) is 5.76 Å².